The van der Waals surface area contributed by atoms with Gasteiger partial charge in [-0.05, 0) is 18.4 Å². The van der Waals surface area contributed by atoms with Gasteiger partial charge < -0.3 is 10.0 Å². The normalized spacial score (nSPS) is 13.1. The zero-order valence-corrected chi connectivity index (χ0v) is 6.15. The standard InChI is InChI=1S/C5H11NO2S/c1-9-3-2-5(4-7)6-8/h4-6,8H,2-3H2,1H3. The quantitative estimate of drug-likeness (QED) is 0.435. The van der Waals surface area contributed by atoms with Crippen LogP contribution in [0.15, 0.2) is 0 Å². The van der Waals surface area contributed by atoms with E-state index >= 15 is 0 Å². The monoisotopic (exact) mass is 149 g/mol. The molecule has 0 aliphatic rings. The number of carbonyl (C=O) groups excluding carboxylic acids is 1. The molecule has 0 fully saturated rings. The van der Waals surface area contributed by atoms with Crippen molar-refractivity contribution >= 4 is 18.0 Å². The third kappa shape index (κ3) is 4.44. The summed E-state index contributed by atoms with van der Waals surface area (Å²) in [4.78, 5) is 10.0. The van der Waals surface area contributed by atoms with Crippen LogP contribution in [0.4, 0.5) is 0 Å². The Hall–Kier alpha value is -0.0600. The number of hydrogen-bond acceptors (Lipinski definition) is 4. The number of aldehydes is 1. The predicted octanol–water partition coefficient (Wildman–Crippen LogP) is 0.286. The average Bonchev–Trinajstić information content (AvgIpc) is 1.91. The molecular formula is C5H11NO2S. The van der Waals surface area contributed by atoms with E-state index in [0.717, 1.165) is 5.75 Å². The number of hydroxylamine groups is 1. The van der Waals surface area contributed by atoms with E-state index in [1.165, 1.54) is 0 Å². The van der Waals surface area contributed by atoms with Crippen LogP contribution in [0.25, 0.3) is 0 Å². The molecular weight excluding hydrogens is 138 g/mol. The maximum atomic E-state index is 10.0. The van der Waals surface area contributed by atoms with Crippen molar-refractivity contribution in [2.75, 3.05) is 12.0 Å². The summed E-state index contributed by atoms with van der Waals surface area (Å²) in [5, 5.41) is 8.26. The number of carbonyl (C=O) groups is 1. The summed E-state index contributed by atoms with van der Waals surface area (Å²) in [5.74, 6) is 0.886. The minimum atomic E-state index is -0.391. The van der Waals surface area contributed by atoms with Crippen LogP contribution in [0.2, 0.25) is 0 Å². The molecule has 0 bridgehead atoms. The fourth-order valence-electron chi connectivity index (χ4n) is 0.408. The molecule has 0 aromatic carbocycles. The minimum Gasteiger partial charge on any atom is -0.316 e. The highest BCUT2D eigenvalue weighted by atomic mass is 32.2. The molecule has 0 aliphatic heterocycles. The molecule has 0 radical (unpaired) electrons. The predicted molar refractivity (Wildman–Crippen MR) is 37.8 cm³/mol. The van der Waals surface area contributed by atoms with Crippen LogP contribution in [-0.4, -0.2) is 29.5 Å². The molecule has 0 heterocycles. The second-order valence-electron chi connectivity index (χ2n) is 1.65. The summed E-state index contributed by atoms with van der Waals surface area (Å²) >= 11 is 1.65. The van der Waals surface area contributed by atoms with Gasteiger partial charge in [0.25, 0.3) is 0 Å². The molecule has 0 rings (SSSR count). The van der Waals surface area contributed by atoms with Crippen molar-refractivity contribution in [1.29, 1.82) is 0 Å². The average molecular weight is 149 g/mol. The minimum absolute atomic E-state index is 0.391. The molecule has 4 heteroatoms. The third-order valence-corrected chi connectivity index (χ3v) is 1.61. The van der Waals surface area contributed by atoms with Gasteiger partial charge in [-0.3, -0.25) is 0 Å². The summed E-state index contributed by atoms with van der Waals surface area (Å²) in [6, 6.07) is -0.391. The van der Waals surface area contributed by atoms with Crippen molar-refractivity contribution in [2.45, 2.75) is 12.5 Å². The molecule has 0 aliphatic carbocycles. The van der Waals surface area contributed by atoms with Gasteiger partial charge in [0.1, 0.15) is 6.29 Å². The topological polar surface area (TPSA) is 49.3 Å². The van der Waals surface area contributed by atoms with Gasteiger partial charge >= 0.3 is 0 Å². The van der Waals surface area contributed by atoms with Crippen LogP contribution in [-0.2, 0) is 4.79 Å². The van der Waals surface area contributed by atoms with Crippen molar-refractivity contribution < 1.29 is 10.0 Å². The van der Waals surface area contributed by atoms with Crippen LogP contribution >= 0.6 is 11.8 Å². The van der Waals surface area contributed by atoms with Gasteiger partial charge in [-0.25, -0.2) is 0 Å². The van der Waals surface area contributed by atoms with E-state index in [9.17, 15) is 4.79 Å². The highest BCUT2D eigenvalue weighted by molar-refractivity contribution is 7.98. The lowest BCUT2D eigenvalue weighted by molar-refractivity contribution is -0.111. The van der Waals surface area contributed by atoms with Crippen LogP contribution in [0.1, 0.15) is 6.42 Å². The SMILES string of the molecule is CSCCC(C=O)NO. The first-order valence-corrected chi connectivity index (χ1v) is 4.08. The van der Waals surface area contributed by atoms with Gasteiger partial charge in [0.05, 0.1) is 6.04 Å². The van der Waals surface area contributed by atoms with Crippen LogP contribution in [0.3, 0.4) is 0 Å². The van der Waals surface area contributed by atoms with Gasteiger partial charge in [0.15, 0.2) is 0 Å². The summed E-state index contributed by atoms with van der Waals surface area (Å²) < 4.78 is 0. The van der Waals surface area contributed by atoms with E-state index in [4.69, 9.17) is 5.21 Å². The Balaban J connectivity index is 3.20. The maximum absolute atomic E-state index is 10.0. The van der Waals surface area contributed by atoms with Crippen LogP contribution in [0.5, 0.6) is 0 Å². The number of nitrogens with one attached hydrogen (secondary N) is 1. The van der Waals surface area contributed by atoms with Crippen LogP contribution < -0.4 is 5.48 Å². The highest BCUT2D eigenvalue weighted by Crippen LogP contribution is 1.97. The van der Waals surface area contributed by atoms with Crippen molar-refractivity contribution in [3.05, 3.63) is 0 Å². The van der Waals surface area contributed by atoms with E-state index in [2.05, 4.69) is 0 Å². The van der Waals surface area contributed by atoms with Crippen molar-refractivity contribution in [1.82, 2.24) is 5.48 Å². The fourth-order valence-corrected chi connectivity index (χ4v) is 0.897. The first kappa shape index (κ1) is 8.94. The summed E-state index contributed by atoms with van der Waals surface area (Å²) in [7, 11) is 0. The van der Waals surface area contributed by atoms with Crippen molar-refractivity contribution in [3.8, 4) is 0 Å². The molecule has 9 heavy (non-hydrogen) atoms. The van der Waals surface area contributed by atoms with Gasteiger partial charge in [0, 0.05) is 0 Å². The van der Waals surface area contributed by atoms with Crippen molar-refractivity contribution in [3.63, 3.8) is 0 Å². The Labute approximate surface area is 58.8 Å². The molecule has 0 saturated heterocycles. The largest absolute Gasteiger partial charge is 0.316 e. The fraction of sp³-hybridized carbons (Fsp3) is 0.800. The van der Waals surface area contributed by atoms with E-state index in [1.807, 2.05) is 11.7 Å². The van der Waals surface area contributed by atoms with E-state index < -0.39 is 6.04 Å². The smallest absolute Gasteiger partial charge is 0.139 e. The van der Waals surface area contributed by atoms with Crippen LogP contribution in [0, 0.1) is 0 Å². The number of thioether (sulfide) groups is 1. The Morgan fingerprint density at radius 2 is 2.56 bits per heavy atom. The van der Waals surface area contributed by atoms with E-state index in [0.29, 0.717) is 12.7 Å². The van der Waals surface area contributed by atoms with E-state index in [-0.39, 0.29) is 0 Å². The summed E-state index contributed by atoms with van der Waals surface area (Å²) in [6.07, 6.45) is 3.34. The molecule has 0 aromatic heterocycles. The lowest BCUT2D eigenvalue weighted by Crippen LogP contribution is -2.27. The molecule has 54 valence electrons. The second kappa shape index (κ2) is 6.07. The Morgan fingerprint density at radius 1 is 1.89 bits per heavy atom. The van der Waals surface area contributed by atoms with Gasteiger partial charge in [-0.15, -0.1) is 0 Å². The molecule has 0 saturated carbocycles. The van der Waals surface area contributed by atoms with Gasteiger partial charge in [-0.2, -0.15) is 17.2 Å². The Bertz CT molecular complexity index is 79.4. The molecule has 3 nitrogen and oxygen atoms in total. The zero-order valence-electron chi connectivity index (χ0n) is 5.33. The first-order valence-electron chi connectivity index (χ1n) is 2.69. The Morgan fingerprint density at radius 3 is 2.89 bits per heavy atom. The third-order valence-electron chi connectivity index (χ3n) is 0.963. The molecule has 0 spiro atoms. The zero-order chi connectivity index (χ0) is 7.11. The second-order valence-corrected chi connectivity index (χ2v) is 2.64. The lowest BCUT2D eigenvalue weighted by Gasteiger charge is -2.04. The number of rotatable bonds is 5. The van der Waals surface area contributed by atoms with Gasteiger partial charge in [0.2, 0.25) is 0 Å². The molecule has 0 amide bonds. The van der Waals surface area contributed by atoms with Crippen molar-refractivity contribution in [2.24, 2.45) is 0 Å². The summed E-state index contributed by atoms with van der Waals surface area (Å²) in [6.45, 7) is 0. The van der Waals surface area contributed by atoms with Gasteiger partial charge in [-0.1, -0.05) is 0 Å². The molecule has 0 aromatic rings. The molecule has 2 N–H and O–H groups in total. The Kier molecular flexibility index (Phi) is 6.03. The first-order chi connectivity index (χ1) is 4.35. The molecule has 1 unspecified atom stereocenters. The molecule has 1 atom stereocenters. The summed E-state index contributed by atoms with van der Waals surface area (Å²) in [5.41, 5.74) is 1.91. The lowest BCUT2D eigenvalue weighted by atomic mass is 10.3. The number of hydrogen-bond donors (Lipinski definition) is 2. The highest BCUT2D eigenvalue weighted by Gasteiger charge is 2.01. The van der Waals surface area contributed by atoms with E-state index in [1.54, 1.807) is 11.8 Å². The maximum Gasteiger partial charge on any atom is 0.139 e.